The van der Waals surface area contributed by atoms with Crippen LogP contribution < -0.4 is 16.4 Å². The zero-order chi connectivity index (χ0) is 27.7. The first-order valence-corrected chi connectivity index (χ1v) is 12.3. The molecule has 7 N–H and O–H groups in total. The molecule has 0 aromatic heterocycles. The SMILES string of the molecule is CCC(C)C(N)C(=O)NC(Cc1ccc(O)cc1)C(=O)N1CCCC1C(=O)NC(CCC(=O)O)C(=O)O. The van der Waals surface area contributed by atoms with E-state index in [1.165, 1.54) is 17.0 Å². The Hall–Kier alpha value is -3.67. The van der Waals surface area contributed by atoms with E-state index >= 15 is 0 Å². The van der Waals surface area contributed by atoms with Gasteiger partial charge in [-0.25, -0.2) is 4.79 Å². The molecular formula is C25H36N4O8. The van der Waals surface area contributed by atoms with Gasteiger partial charge in [0.15, 0.2) is 0 Å². The number of hydrogen-bond acceptors (Lipinski definition) is 7. The smallest absolute Gasteiger partial charge is 0.326 e. The molecule has 3 amide bonds. The van der Waals surface area contributed by atoms with Crippen LogP contribution >= 0.6 is 0 Å². The molecule has 12 nitrogen and oxygen atoms in total. The summed E-state index contributed by atoms with van der Waals surface area (Å²) >= 11 is 0. The highest BCUT2D eigenvalue weighted by Crippen LogP contribution is 2.21. The van der Waals surface area contributed by atoms with Crippen molar-refractivity contribution >= 4 is 29.7 Å². The molecule has 5 atom stereocenters. The Morgan fingerprint density at radius 2 is 1.73 bits per heavy atom. The van der Waals surface area contributed by atoms with Crippen LogP contribution in [0.2, 0.25) is 0 Å². The van der Waals surface area contributed by atoms with Crippen LogP contribution in [0.15, 0.2) is 24.3 Å². The molecule has 12 heteroatoms. The molecule has 5 unspecified atom stereocenters. The molecule has 37 heavy (non-hydrogen) atoms. The Bertz CT molecular complexity index is 983. The minimum absolute atomic E-state index is 0.0432. The fraction of sp³-hybridized carbons (Fsp3) is 0.560. The van der Waals surface area contributed by atoms with E-state index in [-0.39, 0.29) is 37.5 Å². The number of phenols is 1. The van der Waals surface area contributed by atoms with Gasteiger partial charge in [-0.05, 0) is 42.9 Å². The monoisotopic (exact) mass is 520 g/mol. The maximum Gasteiger partial charge on any atom is 0.326 e. The van der Waals surface area contributed by atoms with Crippen molar-refractivity contribution in [3.63, 3.8) is 0 Å². The largest absolute Gasteiger partial charge is 0.508 e. The zero-order valence-corrected chi connectivity index (χ0v) is 21.1. The van der Waals surface area contributed by atoms with Crippen molar-refractivity contribution in [3.05, 3.63) is 29.8 Å². The lowest BCUT2D eigenvalue weighted by Crippen LogP contribution is -2.58. The van der Waals surface area contributed by atoms with Crippen LogP contribution in [0, 0.1) is 5.92 Å². The highest BCUT2D eigenvalue weighted by molar-refractivity contribution is 5.94. The van der Waals surface area contributed by atoms with Gasteiger partial charge in [-0.2, -0.15) is 0 Å². The Labute approximate surface area is 215 Å². The number of carboxylic acids is 2. The number of benzene rings is 1. The Kier molecular flexibility index (Phi) is 10.9. The first-order valence-electron chi connectivity index (χ1n) is 12.3. The van der Waals surface area contributed by atoms with E-state index in [1.54, 1.807) is 12.1 Å². The molecular weight excluding hydrogens is 484 g/mol. The van der Waals surface area contributed by atoms with E-state index in [1.807, 2.05) is 13.8 Å². The van der Waals surface area contributed by atoms with Gasteiger partial charge < -0.3 is 36.6 Å². The zero-order valence-electron chi connectivity index (χ0n) is 21.1. The molecule has 1 aromatic carbocycles. The molecule has 1 aromatic rings. The topological polar surface area (TPSA) is 199 Å². The van der Waals surface area contributed by atoms with Gasteiger partial charge >= 0.3 is 11.9 Å². The van der Waals surface area contributed by atoms with Crippen molar-refractivity contribution in [3.8, 4) is 5.75 Å². The van der Waals surface area contributed by atoms with Gasteiger partial charge in [0.05, 0.1) is 6.04 Å². The lowest BCUT2D eigenvalue weighted by atomic mass is 9.98. The number of aromatic hydroxyl groups is 1. The molecule has 2 rings (SSSR count). The van der Waals surface area contributed by atoms with Gasteiger partial charge in [-0.15, -0.1) is 0 Å². The first-order chi connectivity index (χ1) is 17.4. The van der Waals surface area contributed by atoms with Crippen LogP contribution in [0.4, 0.5) is 0 Å². The summed E-state index contributed by atoms with van der Waals surface area (Å²) in [6.07, 6.45) is 0.773. The summed E-state index contributed by atoms with van der Waals surface area (Å²) in [5, 5.41) is 32.9. The molecule has 0 spiro atoms. The van der Waals surface area contributed by atoms with E-state index < -0.39 is 60.2 Å². The summed E-state index contributed by atoms with van der Waals surface area (Å²) in [7, 11) is 0. The summed E-state index contributed by atoms with van der Waals surface area (Å²) in [5.41, 5.74) is 6.72. The minimum Gasteiger partial charge on any atom is -0.508 e. The number of nitrogens with one attached hydrogen (secondary N) is 2. The normalized spacial score (nSPS) is 18.4. The molecule has 1 aliphatic heterocycles. The summed E-state index contributed by atoms with van der Waals surface area (Å²) < 4.78 is 0. The third kappa shape index (κ3) is 8.45. The van der Waals surface area contributed by atoms with Crippen LogP contribution in [-0.4, -0.2) is 80.6 Å². The molecule has 1 heterocycles. The number of carboxylic acid groups (broad SMARTS) is 2. The van der Waals surface area contributed by atoms with Crippen LogP contribution in [0.3, 0.4) is 0 Å². The standard InChI is InChI=1S/C25H36N4O8/c1-3-14(2)21(26)23(34)28-18(13-15-6-8-16(30)9-7-15)24(35)29-12-4-5-19(29)22(33)27-17(25(36)37)10-11-20(31)32/h6-9,14,17-19,21,30H,3-5,10-13,26H2,1-2H3,(H,27,33)(H,28,34)(H,31,32)(H,36,37). The number of hydrogen-bond donors (Lipinski definition) is 6. The number of carbonyl (C=O) groups is 5. The second-order valence-electron chi connectivity index (χ2n) is 9.36. The average molecular weight is 521 g/mol. The summed E-state index contributed by atoms with van der Waals surface area (Å²) in [4.78, 5) is 63.1. The molecule has 0 bridgehead atoms. The third-order valence-corrected chi connectivity index (χ3v) is 6.65. The van der Waals surface area contributed by atoms with Crippen LogP contribution in [0.5, 0.6) is 5.75 Å². The molecule has 204 valence electrons. The summed E-state index contributed by atoms with van der Waals surface area (Å²) in [6, 6.07) is 1.86. The van der Waals surface area contributed by atoms with Gasteiger partial charge in [-0.3, -0.25) is 19.2 Å². The number of aliphatic carboxylic acids is 2. The van der Waals surface area contributed by atoms with Gasteiger partial charge in [0.25, 0.3) is 0 Å². The highest BCUT2D eigenvalue weighted by Gasteiger charge is 2.39. The van der Waals surface area contributed by atoms with E-state index in [0.717, 1.165) is 0 Å². The van der Waals surface area contributed by atoms with Gasteiger partial charge in [-0.1, -0.05) is 32.4 Å². The number of nitrogens with zero attached hydrogens (tertiary/aromatic N) is 1. The number of amides is 3. The van der Waals surface area contributed by atoms with Crippen molar-refractivity contribution in [2.24, 2.45) is 11.7 Å². The van der Waals surface area contributed by atoms with E-state index in [4.69, 9.17) is 10.8 Å². The van der Waals surface area contributed by atoms with Gasteiger partial charge in [0.1, 0.15) is 23.9 Å². The average Bonchev–Trinajstić information content (AvgIpc) is 3.35. The number of phenolic OH excluding ortho intramolecular Hbond substituents is 1. The van der Waals surface area contributed by atoms with Crippen molar-refractivity contribution in [2.45, 2.75) is 76.5 Å². The molecule has 1 fully saturated rings. The first kappa shape index (κ1) is 29.6. The second-order valence-corrected chi connectivity index (χ2v) is 9.36. The molecule has 0 aliphatic carbocycles. The molecule has 1 aliphatic rings. The Morgan fingerprint density at radius 1 is 1.08 bits per heavy atom. The number of nitrogens with two attached hydrogens (primary N) is 1. The molecule has 0 radical (unpaired) electrons. The highest BCUT2D eigenvalue weighted by atomic mass is 16.4. The van der Waals surface area contributed by atoms with Gasteiger partial charge in [0, 0.05) is 19.4 Å². The van der Waals surface area contributed by atoms with Crippen molar-refractivity contribution < 1.29 is 39.3 Å². The fourth-order valence-corrected chi connectivity index (χ4v) is 4.14. The predicted molar refractivity (Wildman–Crippen MR) is 132 cm³/mol. The number of rotatable bonds is 13. The van der Waals surface area contributed by atoms with Crippen LogP contribution in [-0.2, 0) is 30.4 Å². The third-order valence-electron chi connectivity index (χ3n) is 6.65. The van der Waals surface area contributed by atoms with E-state index in [9.17, 15) is 34.2 Å². The van der Waals surface area contributed by atoms with Crippen molar-refractivity contribution in [1.82, 2.24) is 15.5 Å². The number of likely N-dealkylation sites (tertiary alicyclic amines) is 1. The summed E-state index contributed by atoms with van der Waals surface area (Å²) in [6.45, 7) is 3.94. The molecule has 0 saturated carbocycles. The fourth-order valence-electron chi connectivity index (χ4n) is 4.14. The summed E-state index contributed by atoms with van der Waals surface area (Å²) in [5.74, 6) is -4.38. The lowest BCUT2D eigenvalue weighted by molar-refractivity contribution is -0.145. The second kappa shape index (κ2) is 13.6. The minimum atomic E-state index is -1.41. The van der Waals surface area contributed by atoms with Crippen molar-refractivity contribution in [2.75, 3.05) is 6.54 Å². The molecule has 1 saturated heterocycles. The van der Waals surface area contributed by atoms with Crippen molar-refractivity contribution in [1.29, 1.82) is 0 Å². The lowest BCUT2D eigenvalue weighted by Gasteiger charge is -2.30. The van der Waals surface area contributed by atoms with E-state index in [2.05, 4.69) is 10.6 Å². The number of carbonyl (C=O) groups excluding carboxylic acids is 3. The Balaban J connectivity index is 2.23. The maximum atomic E-state index is 13.6. The predicted octanol–water partition coefficient (Wildman–Crippen LogP) is 0.218. The Morgan fingerprint density at radius 3 is 2.30 bits per heavy atom. The maximum absolute atomic E-state index is 13.6. The van der Waals surface area contributed by atoms with Crippen LogP contribution in [0.1, 0.15) is 51.5 Å². The van der Waals surface area contributed by atoms with E-state index in [0.29, 0.717) is 18.4 Å². The van der Waals surface area contributed by atoms with Gasteiger partial charge in [0.2, 0.25) is 17.7 Å². The van der Waals surface area contributed by atoms with Crippen LogP contribution in [0.25, 0.3) is 0 Å². The quantitative estimate of drug-likeness (QED) is 0.210.